The maximum absolute atomic E-state index is 12.6. The van der Waals surface area contributed by atoms with E-state index in [1.165, 1.54) is 12.1 Å². The Balaban J connectivity index is 1.37. The number of rotatable bonds is 7. The molecule has 0 fully saturated rings. The van der Waals surface area contributed by atoms with Crippen LogP contribution in [0, 0.1) is 18.8 Å². The first-order chi connectivity index (χ1) is 18.3. The van der Waals surface area contributed by atoms with Gasteiger partial charge >= 0.3 is 12.1 Å². The van der Waals surface area contributed by atoms with Crippen molar-refractivity contribution >= 4 is 29.4 Å². The molecule has 0 spiro atoms. The van der Waals surface area contributed by atoms with E-state index in [4.69, 9.17) is 30.7 Å². The monoisotopic (exact) mass is 530 g/mol. The summed E-state index contributed by atoms with van der Waals surface area (Å²) in [4.78, 5) is 23.5. The second-order valence-corrected chi connectivity index (χ2v) is 8.57. The number of carboxylic acid groups (broad SMARTS) is 1. The molecule has 4 rings (SSSR count). The molecule has 192 valence electrons. The maximum atomic E-state index is 12.6. The van der Waals surface area contributed by atoms with Crippen molar-refractivity contribution in [2.75, 3.05) is 11.9 Å². The molecule has 0 saturated carbocycles. The molecule has 1 heterocycles. The third-order valence-electron chi connectivity index (χ3n) is 5.51. The molecule has 3 aromatic carbocycles. The minimum atomic E-state index is -0.994. The highest BCUT2D eigenvalue weighted by atomic mass is 35.5. The number of carboxylic acids is 1. The summed E-state index contributed by atoms with van der Waals surface area (Å²) in [6.45, 7) is 3.59. The number of nitrogens with one attached hydrogen (secondary N) is 1. The molecule has 9 heteroatoms. The van der Waals surface area contributed by atoms with Crippen LogP contribution in [0.3, 0.4) is 0 Å². The quantitative estimate of drug-likeness (QED) is 0.254. The molecule has 38 heavy (non-hydrogen) atoms. The number of nitrogens with zero attached hydrogens (tertiary/aromatic N) is 1. The van der Waals surface area contributed by atoms with E-state index in [1.807, 2.05) is 18.2 Å². The van der Waals surface area contributed by atoms with Crippen LogP contribution in [0.4, 0.5) is 10.5 Å². The number of carbonyl (C=O) groups is 2. The number of aromatic carboxylic acids is 1. The predicted octanol–water partition coefficient (Wildman–Crippen LogP) is 6.74. The number of aryl methyl sites for hydroxylation is 1. The Labute approximate surface area is 224 Å². The molecule has 0 saturated heterocycles. The lowest BCUT2D eigenvalue weighted by atomic mass is 10.1. The molecule has 0 aliphatic heterocycles. The van der Waals surface area contributed by atoms with E-state index in [1.54, 1.807) is 56.3 Å². The van der Waals surface area contributed by atoms with Gasteiger partial charge < -0.3 is 19.1 Å². The van der Waals surface area contributed by atoms with E-state index in [9.17, 15) is 9.59 Å². The van der Waals surface area contributed by atoms with Crippen molar-refractivity contribution in [1.29, 1.82) is 0 Å². The zero-order valence-corrected chi connectivity index (χ0v) is 21.3. The van der Waals surface area contributed by atoms with Crippen molar-refractivity contribution in [3.63, 3.8) is 0 Å². The average Bonchev–Trinajstić information content (AvgIpc) is 3.27. The standard InChI is InChI=1S/C29H23ClN2O6/c1-18-26(31-29(35)37-19(2)24-7-3-4-8-25(24)30)27(38-32-18)21-11-9-20(10-12-21)6-5-17-36-23-15-13-22(14-16-23)28(33)34/h3-4,7-16,19H,17H2,1-2H3,(H,31,35)(H,33,34). The number of aromatic nitrogens is 1. The molecule has 0 radical (unpaired) electrons. The second kappa shape index (κ2) is 12.0. The van der Waals surface area contributed by atoms with Crippen LogP contribution < -0.4 is 10.1 Å². The van der Waals surface area contributed by atoms with Crippen molar-refractivity contribution in [1.82, 2.24) is 5.16 Å². The molecule has 2 N–H and O–H groups in total. The van der Waals surface area contributed by atoms with E-state index in [0.717, 1.165) is 5.56 Å². The lowest BCUT2D eigenvalue weighted by Crippen LogP contribution is -2.17. The molecule has 4 aromatic rings. The Morgan fingerprint density at radius 2 is 1.79 bits per heavy atom. The summed E-state index contributed by atoms with van der Waals surface area (Å²) in [6.07, 6.45) is -1.22. The highest BCUT2D eigenvalue weighted by Gasteiger charge is 2.20. The summed E-state index contributed by atoms with van der Waals surface area (Å²) in [5.74, 6) is 5.84. The number of amides is 1. The Kier molecular flexibility index (Phi) is 8.31. The third-order valence-corrected chi connectivity index (χ3v) is 5.85. The predicted molar refractivity (Wildman–Crippen MR) is 142 cm³/mol. The van der Waals surface area contributed by atoms with Gasteiger partial charge in [-0.2, -0.15) is 0 Å². The summed E-state index contributed by atoms with van der Waals surface area (Å²) in [5, 5.41) is 16.2. The Morgan fingerprint density at radius 3 is 2.47 bits per heavy atom. The SMILES string of the molecule is Cc1noc(-c2ccc(C#CCOc3ccc(C(=O)O)cc3)cc2)c1NC(=O)OC(C)c1ccccc1Cl. The molecule has 0 bridgehead atoms. The molecular formula is C29H23ClN2O6. The molecule has 8 nitrogen and oxygen atoms in total. The lowest BCUT2D eigenvalue weighted by Gasteiger charge is -2.15. The van der Waals surface area contributed by atoms with Crippen LogP contribution in [0.1, 0.15) is 40.2 Å². The molecule has 1 unspecified atom stereocenters. The largest absolute Gasteiger partial charge is 0.481 e. The molecule has 1 amide bonds. The van der Waals surface area contributed by atoms with E-state index in [-0.39, 0.29) is 12.2 Å². The third kappa shape index (κ3) is 6.52. The zero-order chi connectivity index (χ0) is 27.1. The van der Waals surface area contributed by atoms with Gasteiger partial charge in [0.15, 0.2) is 5.76 Å². The first-order valence-electron chi connectivity index (χ1n) is 11.6. The van der Waals surface area contributed by atoms with Crippen molar-refractivity contribution < 1.29 is 28.7 Å². The van der Waals surface area contributed by atoms with Crippen LogP contribution in [-0.4, -0.2) is 28.9 Å². The number of benzene rings is 3. The highest BCUT2D eigenvalue weighted by Crippen LogP contribution is 2.32. The highest BCUT2D eigenvalue weighted by molar-refractivity contribution is 6.31. The normalized spacial score (nSPS) is 11.1. The zero-order valence-electron chi connectivity index (χ0n) is 20.5. The smallest absolute Gasteiger partial charge is 0.412 e. The fourth-order valence-corrected chi connectivity index (χ4v) is 3.82. The molecule has 1 atom stereocenters. The summed E-state index contributed by atoms with van der Waals surface area (Å²) in [5.41, 5.74) is 3.23. The van der Waals surface area contributed by atoms with Crippen LogP contribution in [0.5, 0.6) is 5.75 Å². The topological polar surface area (TPSA) is 111 Å². The summed E-state index contributed by atoms with van der Waals surface area (Å²) in [7, 11) is 0. The van der Waals surface area contributed by atoms with Gasteiger partial charge in [-0.25, -0.2) is 9.59 Å². The van der Waals surface area contributed by atoms with Gasteiger partial charge in [-0.15, -0.1) is 0 Å². The summed E-state index contributed by atoms with van der Waals surface area (Å²) in [6, 6.07) is 20.5. The van der Waals surface area contributed by atoms with Gasteiger partial charge in [-0.05, 0) is 68.4 Å². The second-order valence-electron chi connectivity index (χ2n) is 8.16. The van der Waals surface area contributed by atoms with Gasteiger partial charge in [0.05, 0.1) is 5.56 Å². The first kappa shape index (κ1) is 26.3. The Morgan fingerprint density at radius 1 is 1.08 bits per heavy atom. The van der Waals surface area contributed by atoms with E-state index in [0.29, 0.717) is 39.0 Å². The summed E-state index contributed by atoms with van der Waals surface area (Å²) < 4.78 is 16.5. The Bertz CT molecular complexity index is 1500. The van der Waals surface area contributed by atoms with Gasteiger partial charge in [0, 0.05) is 21.7 Å². The summed E-state index contributed by atoms with van der Waals surface area (Å²) >= 11 is 6.20. The number of anilines is 1. The molecule has 1 aromatic heterocycles. The lowest BCUT2D eigenvalue weighted by molar-refractivity contribution is 0.0696. The van der Waals surface area contributed by atoms with Crippen molar-refractivity contribution in [3.05, 3.63) is 100 Å². The number of halogens is 1. The number of carbonyl (C=O) groups excluding carboxylic acids is 1. The van der Waals surface area contributed by atoms with E-state index >= 15 is 0 Å². The van der Waals surface area contributed by atoms with Gasteiger partial charge in [0.1, 0.15) is 29.8 Å². The molecular weight excluding hydrogens is 508 g/mol. The van der Waals surface area contributed by atoms with Crippen molar-refractivity contribution in [3.8, 4) is 28.9 Å². The average molecular weight is 531 g/mol. The van der Waals surface area contributed by atoms with Crippen LogP contribution >= 0.6 is 11.6 Å². The number of ether oxygens (including phenoxy) is 2. The molecule has 0 aliphatic carbocycles. The van der Waals surface area contributed by atoms with Crippen LogP contribution in [0.2, 0.25) is 5.02 Å². The van der Waals surface area contributed by atoms with Gasteiger partial charge in [-0.3, -0.25) is 5.32 Å². The minimum absolute atomic E-state index is 0.137. The molecule has 0 aliphatic rings. The van der Waals surface area contributed by atoms with Gasteiger partial charge in [0.25, 0.3) is 0 Å². The van der Waals surface area contributed by atoms with Crippen LogP contribution in [0.25, 0.3) is 11.3 Å². The Hall–Kier alpha value is -4.74. The van der Waals surface area contributed by atoms with Crippen LogP contribution in [-0.2, 0) is 4.74 Å². The fourth-order valence-electron chi connectivity index (χ4n) is 3.53. The maximum Gasteiger partial charge on any atom is 0.412 e. The van der Waals surface area contributed by atoms with Gasteiger partial charge in [0.2, 0.25) is 0 Å². The number of hydrogen-bond donors (Lipinski definition) is 2. The van der Waals surface area contributed by atoms with Gasteiger partial charge in [-0.1, -0.05) is 46.8 Å². The fraction of sp³-hybridized carbons (Fsp3) is 0.138. The van der Waals surface area contributed by atoms with E-state index < -0.39 is 18.2 Å². The number of hydrogen-bond acceptors (Lipinski definition) is 6. The van der Waals surface area contributed by atoms with Crippen LogP contribution in [0.15, 0.2) is 77.3 Å². The van der Waals surface area contributed by atoms with E-state index in [2.05, 4.69) is 22.3 Å². The minimum Gasteiger partial charge on any atom is -0.481 e. The van der Waals surface area contributed by atoms with Crippen molar-refractivity contribution in [2.24, 2.45) is 0 Å². The van der Waals surface area contributed by atoms with Crippen molar-refractivity contribution in [2.45, 2.75) is 20.0 Å². The first-order valence-corrected chi connectivity index (χ1v) is 11.9.